The molecule has 1 aromatic heterocycles. The van der Waals surface area contributed by atoms with Crippen molar-refractivity contribution < 1.29 is 5.11 Å². The van der Waals surface area contributed by atoms with Gasteiger partial charge in [0.25, 0.3) is 0 Å². The van der Waals surface area contributed by atoms with Gasteiger partial charge in [0.2, 0.25) is 0 Å². The summed E-state index contributed by atoms with van der Waals surface area (Å²) in [5.41, 5.74) is 3.88. The number of piperidine rings is 1. The molecule has 2 aromatic rings. The Morgan fingerprint density at radius 1 is 1.24 bits per heavy atom. The third-order valence-corrected chi connectivity index (χ3v) is 5.07. The molecule has 5 heteroatoms. The zero-order valence-corrected chi connectivity index (χ0v) is 15.4. The highest BCUT2D eigenvalue weighted by molar-refractivity contribution is 5.48. The molecule has 0 radical (unpaired) electrons. The summed E-state index contributed by atoms with van der Waals surface area (Å²) in [6.45, 7) is 5.11. The summed E-state index contributed by atoms with van der Waals surface area (Å²) < 4.78 is 1.86. The van der Waals surface area contributed by atoms with Gasteiger partial charge in [0, 0.05) is 38.1 Å². The number of aliphatic hydroxyl groups excluding tert-OH is 1. The van der Waals surface area contributed by atoms with Crippen LogP contribution in [0.5, 0.6) is 0 Å². The highest BCUT2D eigenvalue weighted by atomic mass is 16.3. The second-order valence-corrected chi connectivity index (χ2v) is 7.11. The van der Waals surface area contributed by atoms with E-state index in [4.69, 9.17) is 0 Å². The molecule has 2 heterocycles. The van der Waals surface area contributed by atoms with Crippen LogP contribution in [0.3, 0.4) is 0 Å². The highest BCUT2D eigenvalue weighted by Gasteiger charge is 2.17. The fourth-order valence-electron chi connectivity index (χ4n) is 3.43. The van der Waals surface area contributed by atoms with Crippen LogP contribution >= 0.6 is 0 Å². The molecule has 0 spiro atoms. The summed E-state index contributed by atoms with van der Waals surface area (Å²) >= 11 is 0. The van der Waals surface area contributed by atoms with Gasteiger partial charge in [-0.05, 0) is 62.4 Å². The molecule has 0 amide bonds. The molecule has 1 aliphatic rings. The standard InChI is InChI=1S/C20H30N4O/c1-16(21-11-3-4-17-14-22-23(2)15-17)18-5-7-19(8-6-18)24-12-9-20(25)10-13-24/h5-8,14-16,20-21,25H,3-4,9-13H2,1-2H3. The molecule has 1 unspecified atom stereocenters. The maximum absolute atomic E-state index is 9.63. The molecule has 0 saturated carbocycles. The predicted molar refractivity (Wildman–Crippen MR) is 102 cm³/mol. The van der Waals surface area contributed by atoms with Gasteiger partial charge in [0.15, 0.2) is 0 Å². The smallest absolute Gasteiger partial charge is 0.0574 e. The van der Waals surface area contributed by atoms with E-state index in [1.807, 2.05) is 17.9 Å². The van der Waals surface area contributed by atoms with Crippen LogP contribution in [0, 0.1) is 0 Å². The van der Waals surface area contributed by atoms with E-state index in [1.165, 1.54) is 16.8 Å². The number of aromatic nitrogens is 2. The van der Waals surface area contributed by atoms with E-state index in [9.17, 15) is 5.11 Å². The molecule has 3 rings (SSSR count). The number of rotatable bonds is 7. The van der Waals surface area contributed by atoms with Gasteiger partial charge in [0.1, 0.15) is 0 Å². The van der Waals surface area contributed by atoms with E-state index in [0.29, 0.717) is 6.04 Å². The van der Waals surface area contributed by atoms with Crippen LogP contribution in [0.1, 0.15) is 43.4 Å². The molecule has 1 fully saturated rings. The molecule has 1 atom stereocenters. The summed E-state index contributed by atoms with van der Waals surface area (Å²) in [7, 11) is 1.96. The summed E-state index contributed by atoms with van der Waals surface area (Å²) in [5, 5.41) is 17.4. The van der Waals surface area contributed by atoms with E-state index in [0.717, 1.165) is 45.3 Å². The van der Waals surface area contributed by atoms with Gasteiger partial charge in [-0.3, -0.25) is 4.68 Å². The third kappa shape index (κ3) is 5.06. The van der Waals surface area contributed by atoms with Crippen LogP contribution < -0.4 is 10.2 Å². The van der Waals surface area contributed by atoms with E-state index >= 15 is 0 Å². The van der Waals surface area contributed by atoms with Crippen molar-refractivity contribution in [2.75, 3.05) is 24.5 Å². The van der Waals surface area contributed by atoms with Crippen molar-refractivity contribution in [1.29, 1.82) is 0 Å². The molecule has 5 nitrogen and oxygen atoms in total. The second-order valence-electron chi connectivity index (χ2n) is 7.11. The van der Waals surface area contributed by atoms with Crippen LogP contribution in [-0.4, -0.2) is 40.6 Å². The predicted octanol–water partition coefficient (Wildman–Crippen LogP) is 2.66. The van der Waals surface area contributed by atoms with Crippen molar-refractivity contribution in [1.82, 2.24) is 15.1 Å². The average Bonchev–Trinajstić information content (AvgIpc) is 3.05. The summed E-state index contributed by atoms with van der Waals surface area (Å²) in [6, 6.07) is 9.21. The first-order valence-corrected chi connectivity index (χ1v) is 9.35. The second kappa shape index (κ2) is 8.50. The molecule has 0 bridgehead atoms. The van der Waals surface area contributed by atoms with Gasteiger partial charge in [-0.2, -0.15) is 5.10 Å². The number of nitrogens with one attached hydrogen (secondary N) is 1. The molecule has 1 saturated heterocycles. The van der Waals surface area contributed by atoms with Crippen LogP contribution in [0.4, 0.5) is 5.69 Å². The lowest BCUT2D eigenvalue weighted by Gasteiger charge is -2.31. The summed E-state index contributed by atoms with van der Waals surface area (Å²) in [4.78, 5) is 2.36. The fraction of sp³-hybridized carbons (Fsp3) is 0.550. The van der Waals surface area contributed by atoms with Gasteiger partial charge in [-0.25, -0.2) is 0 Å². The van der Waals surface area contributed by atoms with E-state index < -0.39 is 0 Å². The maximum Gasteiger partial charge on any atom is 0.0574 e. The molecule has 0 aliphatic carbocycles. The number of aliphatic hydroxyl groups is 1. The number of hydrogen-bond donors (Lipinski definition) is 2. The van der Waals surface area contributed by atoms with E-state index in [1.54, 1.807) is 0 Å². The molecule has 2 N–H and O–H groups in total. The monoisotopic (exact) mass is 342 g/mol. The minimum Gasteiger partial charge on any atom is -0.393 e. The number of benzene rings is 1. The molecule has 1 aliphatic heterocycles. The molecule has 25 heavy (non-hydrogen) atoms. The van der Waals surface area contributed by atoms with Crippen molar-refractivity contribution in [2.24, 2.45) is 7.05 Å². The molecular formula is C20H30N4O. The number of anilines is 1. The Labute approximate surface area is 150 Å². The topological polar surface area (TPSA) is 53.3 Å². The molecular weight excluding hydrogens is 312 g/mol. The Morgan fingerprint density at radius 2 is 1.96 bits per heavy atom. The SMILES string of the molecule is CC(NCCCc1cnn(C)c1)c1ccc(N2CCC(O)CC2)cc1. The maximum atomic E-state index is 9.63. The molecule has 1 aromatic carbocycles. The first-order valence-electron chi connectivity index (χ1n) is 9.35. The first-order chi connectivity index (χ1) is 12.1. The Kier molecular flexibility index (Phi) is 6.10. The van der Waals surface area contributed by atoms with Gasteiger partial charge < -0.3 is 15.3 Å². The van der Waals surface area contributed by atoms with Crippen LogP contribution in [0.25, 0.3) is 0 Å². The zero-order valence-electron chi connectivity index (χ0n) is 15.4. The fourth-order valence-corrected chi connectivity index (χ4v) is 3.43. The van der Waals surface area contributed by atoms with Crippen LogP contribution in [0.15, 0.2) is 36.7 Å². The minimum atomic E-state index is -0.119. The van der Waals surface area contributed by atoms with Crippen LogP contribution in [0.2, 0.25) is 0 Å². The van der Waals surface area contributed by atoms with Crippen LogP contribution in [-0.2, 0) is 13.5 Å². The first kappa shape index (κ1) is 18.0. The van der Waals surface area contributed by atoms with Crippen molar-refractivity contribution >= 4 is 5.69 Å². The molecule has 136 valence electrons. The summed E-state index contributed by atoms with van der Waals surface area (Å²) in [5.74, 6) is 0. The van der Waals surface area contributed by atoms with Crippen molar-refractivity contribution in [3.8, 4) is 0 Å². The number of aryl methyl sites for hydroxylation is 2. The normalized spacial score (nSPS) is 17.0. The third-order valence-electron chi connectivity index (χ3n) is 5.07. The lowest BCUT2D eigenvalue weighted by atomic mass is 10.0. The lowest BCUT2D eigenvalue weighted by Crippen LogP contribution is -2.35. The Morgan fingerprint density at radius 3 is 2.60 bits per heavy atom. The zero-order chi connectivity index (χ0) is 17.6. The van der Waals surface area contributed by atoms with Crippen molar-refractivity contribution in [3.05, 3.63) is 47.8 Å². The largest absolute Gasteiger partial charge is 0.393 e. The van der Waals surface area contributed by atoms with Gasteiger partial charge >= 0.3 is 0 Å². The van der Waals surface area contributed by atoms with Gasteiger partial charge in [-0.1, -0.05) is 12.1 Å². The van der Waals surface area contributed by atoms with Gasteiger partial charge in [0.05, 0.1) is 12.3 Å². The Hall–Kier alpha value is -1.85. The lowest BCUT2D eigenvalue weighted by molar-refractivity contribution is 0.145. The highest BCUT2D eigenvalue weighted by Crippen LogP contribution is 2.22. The van der Waals surface area contributed by atoms with Crippen molar-refractivity contribution in [3.63, 3.8) is 0 Å². The van der Waals surface area contributed by atoms with E-state index in [-0.39, 0.29) is 6.10 Å². The summed E-state index contributed by atoms with van der Waals surface area (Å²) in [6.07, 6.45) is 7.83. The van der Waals surface area contributed by atoms with E-state index in [2.05, 4.69) is 52.7 Å². The van der Waals surface area contributed by atoms with Gasteiger partial charge in [-0.15, -0.1) is 0 Å². The number of nitrogens with zero attached hydrogens (tertiary/aromatic N) is 3. The average molecular weight is 342 g/mol. The Bertz CT molecular complexity index is 644. The Balaban J connectivity index is 1.43. The minimum absolute atomic E-state index is 0.119. The van der Waals surface area contributed by atoms with Crippen molar-refractivity contribution in [2.45, 2.75) is 44.8 Å². The number of hydrogen-bond acceptors (Lipinski definition) is 4. The quantitative estimate of drug-likeness (QED) is 0.760.